The molecular formula is C50H39N4OP. The maximum atomic E-state index is 16.8. The highest BCUT2D eigenvalue weighted by atomic mass is 31.2. The van der Waals surface area contributed by atoms with Gasteiger partial charge in [-0.15, -0.1) is 0 Å². The molecule has 270 valence electrons. The first-order valence-electron chi connectivity index (χ1n) is 19.0. The zero-order chi connectivity index (χ0) is 37.6. The molecule has 2 heterocycles. The molecule has 0 saturated carbocycles. The van der Waals surface area contributed by atoms with E-state index in [9.17, 15) is 0 Å². The first-order valence-corrected chi connectivity index (χ1v) is 20.6. The van der Waals surface area contributed by atoms with E-state index in [4.69, 9.17) is 0 Å². The Balaban J connectivity index is 1.17. The zero-order valence-electron chi connectivity index (χ0n) is 31.0. The van der Waals surface area contributed by atoms with Crippen LogP contribution in [0.4, 0.5) is 34.1 Å². The van der Waals surface area contributed by atoms with Gasteiger partial charge in [-0.25, -0.2) is 0 Å². The van der Waals surface area contributed by atoms with Crippen LogP contribution in [0.15, 0.2) is 212 Å². The van der Waals surface area contributed by atoms with Gasteiger partial charge < -0.3 is 9.47 Å². The van der Waals surface area contributed by atoms with Gasteiger partial charge in [0.25, 0.3) is 7.44 Å². The highest BCUT2D eigenvalue weighted by Gasteiger charge is 2.49. The lowest BCUT2D eigenvalue weighted by molar-refractivity contribution is 0.579. The number of rotatable bonds is 7. The van der Waals surface area contributed by atoms with Crippen LogP contribution in [-0.2, 0) is 4.57 Å². The molecule has 10 rings (SSSR count). The fourth-order valence-electron chi connectivity index (χ4n) is 8.39. The van der Waals surface area contributed by atoms with Crippen molar-refractivity contribution in [2.24, 2.45) is 0 Å². The van der Waals surface area contributed by atoms with Crippen LogP contribution >= 0.6 is 7.44 Å². The van der Waals surface area contributed by atoms with Gasteiger partial charge in [-0.2, -0.15) is 0 Å². The quantitative estimate of drug-likeness (QED) is 0.152. The molecule has 0 bridgehead atoms. The van der Waals surface area contributed by atoms with Crippen molar-refractivity contribution in [2.45, 2.75) is 6.42 Å². The average molecular weight is 743 g/mol. The van der Waals surface area contributed by atoms with E-state index in [1.165, 1.54) is 0 Å². The molecule has 1 aromatic heterocycles. The molecule has 6 heteroatoms. The van der Waals surface area contributed by atoms with Gasteiger partial charge in [-0.1, -0.05) is 127 Å². The molecule has 1 aliphatic carbocycles. The minimum absolute atomic E-state index is 0.561. The van der Waals surface area contributed by atoms with Crippen LogP contribution in [-0.4, -0.2) is 11.6 Å². The highest BCUT2D eigenvalue weighted by molar-refractivity contribution is 7.72. The van der Waals surface area contributed by atoms with E-state index in [0.29, 0.717) is 6.42 Å². The third-order valence-electron chi connectivity index (χ3n) is 11.0. The Hall–Kier alpha value is -6.81. The van der Waals surface area contributed by atoms with Crippen molar-refractivity contribution in [1.82, 2.24) is 4.57 Å². The van der Waals surface area contributed by atoms with Crippen LogP contribution in [0.2, 0.25) is 0 Å². The normalized spacial score (nSPS) is 16.3. The zero-order valence-corrected chi connectivity index (χ0v) is 31.9. The molecule has 56 heavy (non-hydrogen) atoms. The second kappa shape index (κ2) is 13.8. The van der Waals surface area contributed by atoms with E-state index < -0.39 is 7.44 Å². The van der Waals surface area contributed by atoms with Crippen molar-refractivity contribution in [2.75, 3.05) is 21.3 Å². The van der Waals surface area contributed by atoms with Crippen LogP contribution < -0.4 is 14.2 Å². The molecule has 0 spiro atoms. The molecule has 0 fully saturated rings. The van der Waals surface area contributed by atoms with E-state index in [1.54, 1.807) is 0 Å². The number of benzene rings is 7. The highest BCUT2D eigenvalue weighted by Crippen LogP contribution is 2.75. The largest absolute Gasteiger partial charge is 0.344 e. The SMILES string of the molecule is CN(c1ccccc1)c1ccccc1-c1cccc(N2c3ccccc3N(c3ccc4c(c3)c3ccccc3n4-c3ccccc3)P2(=O)C2=CC=CC=CC2)c1. The molecule has 0 N–H and O–H groups in total. The van der Waals surface area contributed by atoms with Gasteiger partial charge in [0.2, 0.25) is 0 Å². The minimum atomic E-state index is -3.59. The maximum Gasteiger partial charge on any atom is 0.298 e. The van der Waals surface area contributed by atoms with E-state index in [1.807, 2.05) is 42.5 Å². The Morgan fingerprint density at radius 1 is 0.536 bits per heavy atom. The Labute approximate surface area is 327 Å². The summed E-state index contributed by atoms with van der Waals surface area (Å²) in [6, 6.07) is 61.4. The Morgan fingerprint density at radius 2 is 1.18 bits per heavy atom. The van der Waals surface area contributed by atoms with Crippen molar-refractivity contribution in [3.63, 3.8) is 0 Å². The summed E-state index contributed by atoms with van der Waals surface area (Å²) in [5.74, 6) is 0. The third-order valence-corrected chi connectivity index (χ3v) is 14.0. The van der Waals surface area contributed by atoms with Crippen LogP contribution in [0.25, 0.3) is 38.6 Å². The lowest BCUT2D eigenvalue weighted by Gasteiger charge is -2.34. The first kappa shape index (κ1) is 33.7. The lowest BCUT2D eigenvalue weighted by Crippen LogP contribution is -2.19. The molecule has 1 unspecified atom stereocenters. The monoisotopic (exact) mass is 742 g/mol. The van der Waals surface area contributed by atoms with Crippen molar-refractivity contribution >= 4 is 63.4 Å². The van der Waals surface area contributed by atoms with Crippen molar-refractivity contribution in [3.8, 4) is 16.8 Å². The molecule has 7 aromatic carbocycles. The van der Waals surface area contributed by atoms with E-state index in [-0.39, 0.29) is 0 Å². The van der Waals surface area contributed by atoms with E-state index in [2.05, 4.69) is 190 Å². The van der Waals surface area contributed by atoms with Gasteiger partial charge in [0.05, 0.1) is 33.8 Å². The van der Waals surface area contributed by atoms with Gasteiger partial charge in [-0.05, 0) is 90.8 Å². The van der Waals surface area contributed by atoms with Crippen LogP contribution in [0.1, 0.15) is 6.42 Å². The fraction of sp³-hybridized carbons (Fsp3) is 0.0400. The second-order valence-corrected chi connectivity index (χ2v) is 16.6. The number of hydrogen-bond acceptors (Lipinski definition) is 2. The number of anilines is 6. The first-order chi connectivity index (χ1) is 27.6. The number of aromatic nitrogens is 1. The maximum absolute atomic E-state index is 16.8. The van der Waals surface area contributed by atoms with Gasteiger partial charge in [0.15, 0.2) is 0 Å². The molecular weight excluding hydrogens is 704 g/mol. The summed E-state index contributed by atoms with van der Waals surface area (Å²) < 4.78 is 23.3. The Kier molecular flexibility index (Phi) is 8.31. The Morgan fingerprint density at radius 3 is 1.98 bits per heavy atom. The third kappa shape index (κ3) is 5.43. The van der Waals surface area contributed by atoms with Crippen molar-refractivity contribution in [3.05, 3.63) is 212 Å². The summed E-state index contributed by atoms with van der Waals surface area (Å²) in [6.07, 6.45) is 10.8. The van der Waals surface area contributed by atoms with Gasteiger partial charge in [0.1, 0.15) is 0 Å². The van der Waals surface area contributed by atoms with Crippen LogP contribution in [0.3, 0.4) is 0 Å². The average Bonchev–Trinajstić information content (AvgIpc) is 3.55. The topological polar surface area (TPSA) is 31.7 Å². The molecule has 1 aliphatic heterocycles. The summed E-state index contributed by atoms with van der Waals surface area (Å²) in [7, 11) is -1.49. The fourth-order valence-corrected chi connectivity index (χ4v) is 11.5. The number of fused-ring (bicyclic) bond motifs is 4. The molecule has 2 aliphatic rings. The van der Waals surface area contributed by atoms with Crippen LogP contribution in [0, 0.1) is 0 Å². The summed E-state index contributed by atoms with van der Waals surface area (Å²) >= 11 is 0. The summed E-state index contributed by atoms with van der Waals surface area (Å²) in [6.45, 7) is 0. The summed E-state index contributed by atoms with van der Waals surface area (Å²) in [4.78, 5) is 2.22. The lowest BCUT2D eigenvalue weighted by atomic mass is 10.0. The number of para-hydroxylation sites is 6. The predicted molar refractivity (Wildman–Crippen MR) is 236 cm³/mol. The van der Waals surface area contributed by atoms with E-state index >= 15 is 4.57 Å². The smallest absolute Gasteiger partial charge is 0.298 e. The molecule has 8 aromatic rings. The van der Waals surface area contributed by atoms with Crippen molar-refractivity contribution < 1.29 is 4.57 Å². The summed E-state index contributed by atoms with van der Waals surface area (Å²) in [5, 5.41) is 3.12. The number of hydrogen-bond donors (Lipinski definition) is 0. The Bertz CT molecular complexity index is 2910. The minimum Gasteiger partial charge on any atom is -0.344 e. The second-order valence-electron chi connectivity index (χ2n) is 14.2. The van der Waals surface area contributed by atoms with E-state index in [0.717, 1.165) is 78.1 Å². The summed E-state index contributed by atoms with van der Waals surface area (Å²) in [5.41, 5.74) is 11.3. The van der Waals surface area contributed by atoms with Gasteiger partial charge >= 0.3 is 0 Å². The van der Waals surface area contributed by atoms with Crippen molar-refractivity contribution in [1.29, 1.82) is 0 Å². The number of nitrogens with zero attached hydrogens (tertiary/aromatic N) is 4. The van der Waals surface area contributed by atoms with Crippen LogP contribution in [0.5, 0.6) is 0 Å². The standard InChI is InChI=1S/C50H39N4OP/c1-51(38-20-6-4-7-21-38)46-29-14-12-27-43(46)37-19-18-24-40(35-37)53-49-31-16-17-32-50(49)54(56(53,55)42-25-10-2-3-11-26-42)41-33-34-48-45(36-41)44-28-13-15-30-47(44)52(48)39-22-8-5-9-23-39/h2-25,27-36H,26H2,1H3. The van der Waals surface area contributed by atoms with Gasteiger partial charge in [-0.3, -0.25) is 13.9 Å². The molecule has 0 saturated heterocycles. The molecule has 5 nitrogen and oxygen atoms in total. The number of allylic oxidation sites excluding steroid dienone is 6. The molecule has 0 amide bonds. The molecule has 1 atom stereocenters. The van der Waals surface area contributed by atoms with Gasteiger partial charge in [0, 0.05) is 45.8 Å². The predicted octanol–water partition coefficient (Wildman–Crippen LogP) is 14.1. The molecule has 0 radical (unpaired) electrons.